The quantitative estimate of drug-likeness (QED) is 0.765. The second-order valence-electron chi connectivity index (χ2n) is 7.91. The molecule has 1 aromatic rings. The second-order valence-corrected chi connectivity index (χ2v) is 7.91. The van der Waals surface area contributed by atoms with E-state index in [1.807, 2.05) is 0 Å². The number of nitrogens with zero attached hydrogens (tertiary/aromatic N) is 2. The molecule has 150 valence electrons. The van der Waals surface area contributed by atoms with E-state index in [1.54, 1.807) is 12.1 Å². The number of hydrogen-bond donors (Lipinski definition) is 2. The molecular weight excluding hydrogens is 343 g/mol. The van der Waals surface area contributed by atoms with Crippen LogP contribution in [0.25, 0.3) is 0 Å². The fraction of sp³-hybridized carbons (Fsp3) is 0.667. The molecule has 0 radical (unpaired) electrons. The van der Waals surface area contributed by atoms with Gasteiger partial charge in [-0.05, 0) is 88.9 Å². The zero-order chi connectivity index (χ0) is 18.9. The summed E-state index contributed by atoms with van der Waals surface area (Å²) >= 11 is 0. The maximum absolute atomic E-state index is 13.2. The van der Waals surface area contributed by atoms with E-state index >= 15 is 0 Å². The monoisotopic (exact) mass is 376 g/mol. The summed E-state index contributed by atoms with van der Waals surface area (Å²) in [6, 6.07) is 5.71. The molecule has 2 saturated heterocycles. The predicted molar refractivity (Wildman–Crippen MR) is 107 cm³/mol. The van der Waals surface area contributed by atoms with Crippen LogP contribution in [0.4, 0.5) is 14.9 Å². The fourth-order valence-electron chi connectivity index (χ4n) is 4.20. The van der Waals surface area contributed by atoms with Crippen molar-refractivity contribution in [2.24, 2.45) is 5.92 Å². The number of rotatable bonds is 7. The Hall–Kier alpha value is -1.66. The number of carbonyl (C=O) groups is 1. The van der Waals surface area contributed by atoms with E-state index in [0.717, 1.165) is 19.5 Å². The van der Waals surface area contributed by atoms with Crippen LogP contribution in [-0.2, 0) is 0 Å². The first-order valence-electron chi connectivity index (χ1n) is 10.4. The van der Waals surface area contributed by atoms with E-state index in [-0.39, 0.29) is 11.8 Å². The first-order chi connectivity index (χ1) is 13.2. The molecular formula is C21H33FN4O. The van der Waals surface area contributed by atoms with E-state index in [1.165, 1.54) is 70.4 Å². The van der Waals surface area contributed by atoms with Crippen molar-refractivity contribution in [1.29, 1.82) is 0 Å². The molecule has 2 aliphatic rings. The van der Waals surface area contributed by atoms with Gasteiger partial charge in [0.1, 0.15) is 5.82 Å². The molecule has 0 unspecified atom stereocenters. The maximum Gasteiger partial charge on any atom is 0.319 e. The lowest BCUT2D eigenvalue weighted by molar-refractivity contribution is 0.156. The normalized spacial score (nSPS) is 21.7. The van der Waals surface area contributed by atoms with Crippen LogP contribution < -0.4 is 10.6 Å². The molecule has 2 N–H and O–H groups in total. The standard InChI is InChI=1S/C21H33FN4O/c22-19-8-4-9-20(15-19)24-21(27)23-16-18-7-5-12-26(17-18)14-6-13-25-10-2-1-3-11-25/h4,8-9,15,18H,1-3,5-7,10-14,16-17H2,(H2,23,24,27)/t18-/m0/s1. The molecule has 2 amide bonds. The summed E-state index contributed by atoms with van der Waals surface area (Å²) in [6.07, 6.45) is 7.69. The molecule has 6 heteroatoms. The third-order valence-electron chi connectivity index (χ3n) is 5.63. The number of halogens is 1. The Labute approximate surface area is 162 Å². The van der Waals surface area contributed by atoms with E-state index in [0.29, 0.717) is 18.2 Å². The Morgan fingerprint density at radius 2 is 1.85 bits per heavy atom. The molecule has 0 bridgehead atoms. The van der Waals surface area contributed by atoms with Gasteiger partial charge in [-0.2, -0.15) is 0 Å². The van der Waals surface area contributed by atoms with E-state index in [9.17, 15) is 9.18 Å². The third-order valence-corrected chi connectivity index (χ3v) is 5.63. The van der Waals surface area contributed by atoms with Gasteiger partial charge in [-0.1, -0.05) is 12.5 Å². The van der Waals surface area contributed by atoms with Crippen LogP contribution in [0.15, 0.2) is 24.3 Å². The lowest BCUT2D eigenvalue weighted by atomic mass is 9.98. The van der Waals surface area contributed by atoms with Gasteiger partial charge < -0.3 is 20.4 Å². The van der Waals surface area contributed by atoms with Crippen molar-refractivity contribution < 1.29 is 9.18 Å². The minimum Gasteiger partial charge on any atom is -0.338 e. The molecule has 0 aromatic heterocycles. The third kappa shape index (κ3) is 7.11. The zero-order valence-electron chi connectivity index (χ0n) is 16.3. The van der Waals surface area contributed by atoms with Crippen LogP contribution in [0.3, 0.4) is 0 Å². The van der Waals surface area contributed by atoms with E-state index < -0.39 is 0 Å². The first-order valence-corrected chi connectivity index (χ1v) is 10.4. The molecule has 0 spiro atoms. The first kappa shape index (κ1) is 20.1. The number of amides is 2. The summed E-state index contributed by atoms with van der Waals surface area (Å²) in [7, 11) is 0. The summed E-state index contributed by atoms with van der Waals surface area (Å²) in [5.41, 5.74) is 0.482. The van der Waals surface area contributed by atoms with Crippen molar-refractivity contribution in [3.05, 3.63) is 30.1 Å². The van der Waals surface area contributed by atoms with Gasteiger partial charge in [0.25, 0.3) is 0 Å². The molecule has 0 saturated carbocycles. The Bertz CT molecular complexity index is 591. The summed E-state index contributed by atoms with van der Waals surface area (Å²) in [6.45, 7) is 7.81. The van der Waals surface area contributed by atoms with Crippen molar-refractivity contribution in [2.75, 3.05) is 51.1 Å². The van der Waals surface area contributed by atoms with Gasteiger partial charge >= 0.3 is 6.03 Å². The molecule has 5 nitrogen and oxygen atoms in total. The summed E-state index contributed by atoms with van der Waals surface area (Å²) in [4.78, 5) is 17.2. The van der Waals surface area contributed by atoms with Crippen molar-refractivity contribution in [3.8, 4) is 0 Å². The highest BCUT2D eigenvalue weighted by Crippen LogP contribution is 2.17. The highest BCUT2D eigenvalue weighted by atomic mass is 19.1. The van der Waals surface area contributed by atoms with Crippen LogP contribution in [0.1, 0.15) is 38.5 Å². The van der Waals surface area contributed by atoms with Crippen molar-refractivity contribution in [3.63, 3.8) is 0 Å². The van der Waals surface area contributed by atoms with E-state index in [4.69, 9.17) is 0 Å². The van der Waals surface area contributed by atoms with Crippen LogP contribution >= 0.6 is 0 Å². The molecule has 3 rings (SSSR count). The SMILES string of the molecule is O=C(NC[C@@H]1CCCN(CCCN2CCCCC2)C1)Nc1cccc(F)c1. The average molecular weight is 377 g/mol. The lowest BCUT2D eigenvalue weighted by Gasteiger charge is -2.33. The van der Waals surface area contributed by atoms with Crippen molar-refractivity contribution in [2.45, 2.75) is 38.5 Å². The van der Waals surface area contributed by atoms with Crippen LogP contribution in [0.2, 0.25) is 0 Å². The molecule has 2 fully saturated rings. The Morgan fingerprint density at radius 1 is 1.07 bits per heavy atom. The largest absolute Gasteiger partial charge is 0.338 e. The summed E-state index contributed by atoms with van der Waals surface area (Å²) < 4.78 is 13.2. The van der Waals surface area contributed by atoms with Crippen molar-refractivity contribution >= 4 is 11.7 Å². The van der Waals surface area contributed by atoms with E-state index in [2.05, 4.69) is 20.4 Å². The molecule has 0 aliphatic carbocycles. The molecule has 27 heavy (non-hydrogen) atoms. The number of carbonyl (C=O) groups excluding carboxylic acids is 1. The Balaban J connectivity index is 1.32. The minimum atomic E-state index is -0.347. The molecule has 2 heterocycles. The molecule has 1 aromatic carbocycles. The highest BCUT2D eigenvalue weighted by molar-refractivity contribution is 5.89. The van der Waals surface area contributed by atoms with Crippen LogP contribution in [0.5, 0.6) is 0 Å². The molecule has 2 aliphatic heterocycles. The van der Waals surface area contributed by atoms with Gasteiger partial charge in [-0.15, -0.1) is 0 Å². The number of nitrogens with one attached hydrogen (secondary N) is 2. The highest BCUT2D eigenvalue weighted by Gasteiger charge is 2.20. The minimum absolute atomic E-state index is 0.261. The second kappa shape index (κ2) is 10.6. The van der Waals surface area contributed by atoms with Gasteiger partial charge in [0.15, 0.2) is 0 Å². The van der Waals surface area contributed by atoms with Gasteiger partial charge in [0.05, 0.1) is 0 Å². The maximum atomic E-state index is 13.2. The predicted octanol–water partition coefficient (Wildman–Crippen LogP) is 3.54. The van der Waals surface area contributed by atoms with Gasteiger partial charge in [-0.25, -0.2) is 9.18 Å². The number of benzene rings is 1. The number of urea groups is 1. The number of likely N-dealkylation sites (tertiary alicyclic amines) is 2. The number of hydrogen-bond acceptors (Lipinski definition) is 3. The number of anilines is 1. The Morgan fingerprint density at radius 3 is 2.67 bits per heavy atom. The summed E-state index contributed by atoms with van der Waals surface area (Å²) in [5, 5.41) is 5.64. The number of piperidine rings is 2. The summed E-state index contributed by atoms with van der Waals surface area (Å²) in [5.74, 6) is 0.146. The van der Waals surface area contributed by atoms with Crippen LogP contribution in [-0.4, -0.2) is 61.6 Å². The zero-order valence-corrected chi connectivity index (χ0v) is 16.3. The van der Waals surface area contributed by atoms with Crippen molar-refractivity contribution in [1.82, 2.24) is 15.1 Å². The van der Waals surface area contributed by atoms with Crippen LogP contribution in [0, 0.1) is 11.7 Å². The van der Waals surface area contributed by atoms with Gasteiger partial charge in [-0.3, -0.25) is 0 Å². The average Bonchev–Trinajstić information content (AvgIpc) is 2.68. The Kier molecular flexibility index (Phi) is 7.90. The fourth-order valence-corrected chi connectivity index (χ4v) is 4.20. The molecule has 1 atom stereocenters. The smallest absolute Gasteiger partial charge is 0.319 e. The van der Waals surface area contributed by atoms with Gasteiger partial charge in [0.2, 0.25) is 0 Å². The van der Waals surface area contributed by atoms with Gasteiger partial charge in [0, 0.05) is 18.8 Å². The lowest BCUT2D eigenvalue weighted by Crippen LogP contribution is -2.42. The topological polar surface area (TPSA) is 47.6 Å².